The molecule has 2 heterocycles. The number of nitrogens with zero attached hydrogens (tertiary/aromatic N) is 3. The number of carbonyl (C=O) groups excluding carboxylic acids is 1. The molecule has 1 saturated heterocycles. The van der Waals surface area contributed by atoms with E-state index >= 15 is 0 Å². The van der Waals surface area contributed by atoms with Crippen LogP contribution in [0.4, 0.5) is 0 Å². The number of para-hydroxylation sites is 1. The Balaban J connectivity index is 1.55. The number of hydrogen-bond acceptors (Lipinski definition) is 7. The number of amidine groups is 1. The zero-order valence-corrected chi connectivity index (χ0v) is 18.0. The first-order valence-corrected chi connectivity index (χ1v) is 11.7. The molecular formula is C21H21N3O4S2. The number of hydrogen-bond donors (Lipinski definition) is 0. The molecule has 156 valence electrons. The lowest BCUT2D eigenvalue weighted by molar-refractivity contribution is -0.113. The Morgan fingerprint density at radius 1 is 1.00 bits per heavy atom. The molecule has 2 aliphatic heterocycles. The molecule has 7 nitrogen and oxygen atoms in total. The molecule has 9 heteroatoms. The van der Waals surface area contributed by atoms with Gasteiger partial charge < -0.3 is 14.0 Å². The van der Waals surface area contributed by atoms with Gasteiger partial charge >= 0.3 is 10.1 Å². The van der Waals surface area contributed by atoms with Crippen molar-refractivity contribution in [1.82, 2.24) is 9.80 Å². The van der Waals surface area contributed by atoms with Crippen LogP contribution in [0.5, 0.6) is 5.75 Å². The van der Waals surface area contributed by atoms with Gasteiger partial charge in [0.1, 0.15) is 10.6 Å². The van der Waals surface area contributed by atoms with Gasteiger partial charge in [-0.25, -0.2) is 0 Å². The maximum absolute atomic E-state index is 12.6. The first-order valence-electron chi connectivity index (χ1n) is 9.47. The van der Waals surface area contributed by atoms with Gasteiger partial charge in [0.05, 0.1) is 4.91 Å². The van der Waals surface area contributed by atoms with Crippen molar-refractivity contribution >= 4 is 39.0 Å². The molecule has 2 aromatic rings. The third kappa shape index (κ3) is 4.58. The summed E-state index contributed by atoms with van der Waals surface area (Å²) in [5.41, 5.74) is 0.502. The smallest absolute Gasteiger partial charge is 0.339 e. The standard InChI is InChI=1S/C21H21N3O4S2/c1-23-11-13-24(14-12-23)21-22-20(25)19(29-21)15-16-7-5-6-10-18(16)28-30(26,27)17-8-3-2-4-9-17/h2-10,15H,11-14H2,1H3/b19-15+. The molecule has 0 bridgehead atoms. The third-order valence-corrected chi connectivity index (χ3v) is 7.11. The molecular weight excluding hydrogens is 422 g/mol. The van der Waals surface area contributed by atoms with Crippen LogP contribution >= 0.6 is 11.8 Å². The van der Waals surface area contributed by atoms with Crippen LogP contribution in [0.2, 0.25) is 0 Å². The van der Waals surface area contributed by atoms with E-state index in [2.05, 4.69) is 21.8 Å². The summed E-state index contributed by atoms with van der Waals surface area (Å²) in [5.74, 6) is -0.162. The molecule has 0 radical (unpaired) electrons. The van der Waals surface area contributed by atoms with Crippen LogP contribution in [0, 0.1) is 0 Å². The summed E-state index contributed by atoms with van der Waals surface area (Å²) in [6, 6.07) is 14.7. The fourth-order valence-corrected chi connectivity index (χ4v) is 5.03. The van der Waals surface area contributed by atoms with Gasteiger partial charge in [-0.3, -0.25) is 4.79 Å². The van der Waals surface area contributed by atoms with Gasteiger partial charge in [-0.1, -0.05) is 36.4 Å². The van der Waals surface area contributed by atoms with Crippen LogP contribution in [0.15, 0.2) is 69.4 Å². The molecule has 4 rings (SSSR count). The molecule has 2 aromatic carbocycles. The SMILES string of the molecule is CN1CCN(C2=NC(=O)/C(=C\c3ccccc3OS(=O)(=O)c3ccccc3)S2)CC1. The van der Waals surface area contributed by atoms with Gasteiger partial charge in [0.2, 0.25) is 0 Å². The predicted octanol–water partition coefficient (Wildman–Crippen LogP) is 2.67. The summed E-state index contributed by atoms with van der Waals surface area (Å²) in [6.07, 6.45) is 1.63. The minimum atomic E-state index is -3.98. The summed E-state index contributed by atoms with van der Waals surface area (Å²) in [4.78, 5) is 21.5. The number of rotatable bonds is 4. The summed E-state index contributed by atoms with van der Waals surface area (Å²) in [7, 11) is -1.91. The van der Waals surface area contributed by atoms with E-state index in [0.29, 0.717) is 15.6 Å². The molecule has 0 aromatic heterocycles. The van der Waals surface area contributed by atoms with Crippen molar-refractivity contribution in [2.24, 2.45) is 4.99 Å². The molecule has 0 spiro atoms. The van der Waals surface area contributed by atoms with Crippen molar-refractivity contribution in [2.45, 2.75) is 4.90 Å². The molecule has 0 unspecified atom stereocenters. The van der Waals surface area contributed by atoms with Crippen LogP contribution in [-0.2, 0) is 14.9 Å². The fourth-order valence-electron chi connectivity index (χ4n) is 3.10. The van der Waals surface area contributed by atoms with Gasteiger partial charge in [-0.15, -0.1) is 0 Å². The Morgan fingerprint density at radius 3 is 2.40 bits per heavy atom. The van der Waals surface area contributed by atoms with Crippen molar-refractivity contribution < 1.29 is 17.4 Å². The van der Waals surface area contributed by atoms with E-state index in [1.54, 1.807) is 48.5 Å². The number of carbonyl (C=O) groups is 1. The van der Waals surface area contributed by atoms with Gasteiger partial charge in [-0.05, 0) is 43.1 Å². The number of piperazine rings is 1. The highest BCUT2D eigenvalue weighted by atomic mass is 32.2. The van der Waals surface area contributed by atoms with Gasteiger partial charge in [0.25, 0.3) is 5.91 Å². The fraction of sp³-hybridized carbons (Fsp3) is 0.238. The van der Waals surface area contributed by atoms with Crippen LogP contribution in [0.25, 0.3) is 6.08 Å². The van der Waals surface area contributed by atoms with Crippen LogP contribution in [0.1, 0.15) is 5.56 Å². The Morgan fingerprint density at radius 2 is 1.67 bits per heavy atom. The minimum Gasteiger partial charge on any atom is -0.378 e. The highest BCUT2D eigenvalue weighted by Gasteiger charge is 2.28. The van der Waals surface area contributed by atoms with Gasteiger partial charge in [-0.2, -0.15) is 13.4 Å². The summed E-state index contributed by atoms with van der Waals surface area (Å²) < 4.78 is 30.6. The van der Waals surface area contributed by atoms with E-state index in [9.17, 15) is 13.2 Å². The lowest BCUT2D eigenvalue weighted by Gasteiger charge is -2.32. The Hall–Kier alpha value is -2.62. The molecule has 0 N–H and O–H groups in total. The third-order valence-electron chi connectivity index (χ3n) is 4.82. The first-order chi connectivity index (χ1) is 14.4. The number of thioether (sulfide) groups is 1. The Bertz CT molecular complexity index is 1110. The van der Waals surface area contributed by atoms with Crippen molar-refractivity contribution in [3.05, 3.63) is 65.1 Å². The average Bonchev–Trinajstić information content (AvgIpc) is 3.11. The number of amides is 1. The predicted molar refractivity (Wildman–Crippen MR) is 118 cm³/mol. The Kier molecular flexibility index (Phi) is 5.94. The van der Waals surface area contributed by atoms with E-state index in [1.165, 1.54) is 23.9 Å². The quantitative estimate of drug-likeness (QED) is 0.531. The van der Waals surface area contributed by atoms with Crippen LogP contribution < -0.4 is 4.18 Å². The Labute approximate surface area is 180 Å². The van der Waals surface area contributed by atoms with E-state index in [-0.39, 0.29) is 16.6 Å². The largest absolute Gasteiger partial charge is 0.378 e. The lowest BCUT2D eigenvalue weighted by Crippen LogP contribution is -2.46. The second-order valence-corrected chi connectivity index (χ2v) is 9.54. The molecule has 0 atom stereocenters. The van der Waals surface area contributed by atoms with Crippen LogP contribution in [-0.4, -0.2) is 62.5 Å². The van der Waals surface area contributed by atoms with Crippen molar-refractivity contribution in [3.8, 4) is 5.75 Å². The first kappa shape index (κ1) is 20.6. The number of likely N-dealkylation sites (N-methyl/N-ethyl adjacent to an activating group) is 1. The monoisotopic (exact) mass is 443 g/mol. The summed E-state index contributed by atoms with van der Waals surface area (Å²) in [5, 5.41) is 0.689. The normalized spacial score (nSPS) is 19.2. The number of aliphatic imine (C=N–C) groups is 1. The van der Waals surface area contributed by atoms with E-state index in [4.69, 9.17) is 4.18 Å². The molecule has 1 amide bonds. The number of benzene rings is 2. The molecule has 1 fully saturated rings. The zero-order chi connectivity index (χ0) is 21.1. The highest BCUT2D eigenvalue weighted by molar-refractivity contribution is 8.18. The summed E-state index contributed by atoms with van der Waals surface area (Å²) in [6.45, 7) is 3.47. The van der Waals surface area contributed by atoms with Crippen molar-refractivity contribution in [1.29, 1.82) is 0 Å². The lowest BCUT2D eigenvalue weighted by atomic mass is 10.2. The highest BCUT2D eigenvalue weighted by Crippen LogP contribution is 2.33. The van der Waals surface area contributed by atoms with Crippen molar-refractivity contribution in [2.75, 3.05) is 33.2 Å². The van der Waals surface area contributed by atoms with E-state index in [1.807, 2.05) is 0 Å². The van der Waals surface area contributed by atoms with E-state index in [0.717, 1.165) is 26.2 Å². The maximum Gasteiger partial charge on any atom is 0.339 e. The second-order valence-electron chi connectivity index (χ2n) is 6.99. The van der Waals surface area contributed by atoms with Gasteiger partial charge in [0, 0.05) is 31.7 Å². The molecule has 30 heavy (non-hydrogen) atoms. The maximum atomic E-state index is 12.6. The summed E-state index contributed by atoms with van der Waals surface area (Å²) >= 11 is 1.31. The zero-order valence-electron chi connectivity index (χ0n) is 16.4. The molecule has 0 saturated carbocycles. The second kappa shape index (κ2) is 8.63. The molecule has 0 aliphatic carbocycles. The van der Waals surface area contributed by atoms with Gasteiger partial charge in [0.15, 0.2) is 5.17 Å². The van der Waals surface area contributed by atoms with E-state index < -0.39 is 10.1 Å². The molecule has 2 aliphatic rings. The van der Waals surface area contributed by atoms with Crippen LogP contribution in [0.3, 0.4) is 0 Å². The topological polar surface area (TPSA) is 79.3 Å². The van der Waals surface area contributed by atoms with Crippen molar-refractivity contribution in [3.63, 3.8) is 0 Å². The average molecular weight is 444 g/mol. The minimum absolute atomic E-state index is 0.0689.